The molecule has 1 aromatic carbocycles. The average Bonchev–Trinajstić information content (AvgIpc) is 2.69. The van der Waals surface area contributed by atoms with Crippen LogP contribution in [-0.4, -0.2) is 30.7 Å². The van der Waals surface area contributed by atoms with Gasteiger partial charge in [0.1, 0.15) is 0 Å². The van der Waals surface area contributed by atoms with Gasteiger partial charge in [0.25, 0.3) is 0 Å². The van der Waals surface area contributed by atoms with E-state index >= 15 is 0 Å². The van der Waals surface area contributed by atoms with Gasteiger partial charge in [0.05, 0.1) is 4.92 Å². The van der Waals surface area contributed by atoms with E-state index in [1.165, 1.54) is 4.31 Å². The standard InChI is InChI=1S/C12H15FN2O4S/c1-12(2)6-7-14(8-12)20(18,19)10-5-3-4-9(13)11(10)15(16)17/h3-5H,6-8H2,1-2H3. The lowest BCUT2D eigenvalue weighted by molar-refractivity contribution is -0.390. The van der Waals surface area contributed by atoms with E-state index in [1.54, 1.807) is 0 Å². The zero-order valence-corrected chi connectivity index (χ0v) is 12.0. The molecule has 0 radical (unpaired) electrons. The molecule has 0 saturated carbocycles. The van der Waals surface area contributed by atoms with E-state index in [9.17, 15) is 22.9 Å². The molecule has 0 spiro atoms. The van der Waals surface area contributed by atoms with Crippen molar-refractivity contribution in [3.8, 4) is 0 Å². The van der Waals surface area contributed by atoms with E-state index in [-0.39, 0.29) is 18.5 Å². The van der Waals surface area contributed by atoms with Crippen molar-refractivity contribution < 1.29 is 17.7 Å². The molecule has 110 valence electrons. The van der Waals surface area contributed by atoms with E-state index in [4.69, 9.17) is 0 Å². The van der Waals surface area contributed by atoms with Crippen LogP contribution in [0.1, 0.15) is 20.3 Å². The molecule has 0 bridgehead atoms. The van der Waals surface area contributed by atoms with Gasteiger partial charge in [-0.2, -0.15) is 8.70 Å². The maximum Gasteiger partial charge on any atom is 0.324 e. The van der Waals surface area contributed by atoms with Crippen molar-refractivity contribution in [1.29, 1.82) is 0 Å². The molecular weight excluding hydrogens is 287 g/mol. The molecule has 1 fully saturated rings. The Morgan fingerprint density at radius 3 is 2.55 bits per heavy atom. The third kappa shape index (κ3) is 2.53. The third-order valence-electron chi connectivity index (χ3n) is 3.39. The zero-order valence-electron chi connectivity index (χ0n) is 11.2. The lowest BCUT2D eigenvalue weighted by atomic mass is 9.93. The van der Waals surface area contributed by atoms with Gasteiger partial charge in [0.2, 0.25) is 15.8 Å². The number of rotatable bonds is 3. The Morgan fingerprint density at radius 2 is 2.05 bits per heavy atom. The van der Waals surface area contributed by atoms with Gasteiger partial charge < -0.3 is 0 Å². The van der Waals surface area contributed by atoms with Gasteiger partial charge >= 0.3 is 5.69 Å². The molecule has 0 unspecified atom stereocenters. The summed E-state index contributed by atoms with van der Waals surface area (Å²) in [5.74, 6) is -1.14. The van der Waals surface area contributed by atoms with Crippen LogP contribution in [0.3, 0.4) is 0 Å². The van der Waals surface area contributed by atoms with Crippen molar-refractivity contribution in [3.05, 3.63) is 34.1 Å². The minimum Gasteiger partial charge on any atom is -0.258 e. The Balaban J connectivity index is 2.51. The lowest BCUT2D eigenvalue weighted by Crippen LogP contribution is -2.31. The molecule has 6 nitrogen and oxygen atoms in total. The van der Waals surface area contributed by atoms with Crippen LogP contribution in [-0.2, 0) is 10.0 Å². The summed E-state index contributed by atoms with van der Waals surface area (Å²) in [5.41, 5.74) is -1.17. The SMILES string of the molecule is CC1(C)CCN(S(=O)(=O)c2cccc(F)c2[N+](=O)[O-])C1. The van der Waals surface area contributed by atoms with Crippen LogP contribution >= 0.6 is 0 Å². The molecule has 1 heterocycles. The Morgan fingerprint density at radius 1 is 1.40 bits per heavy atom. The molecule has 1 saturated heterocycles. The molecular formula is C12H15FN2O4S. The van der Waals surface area contributed by atoms with Crippen LogP contribution in [0, 0.1) is 21.3 Å². The highest BCUT2D eigenvalue weighted by Gasteiger charge is 2.40. The van der Waals surface area contributed by atoms with Gasteiger partial charge in [0, 0.05) is 13.1 Å². The normalized spacial score (nSPS) is 19.1. The largest absolute Gasteiger partial charge is 0.324 e. The van der Waals surface area contributed by atoms with Crippen molar-refractivity contribution >= 4 is 15.7 Å². The van der Waals surface area contributed by atoms with Crippen LogP contribution in [0.4, 0.5) is 10.1 Å². The minimum absolute atomic E-state index is 0.185. The van der Waals surface area contributed by atoms with Crippen molar-refractivity contribution in [2.45, 2.75) is 25.2 Å². The molecule has 2 rings (SSSR count). The molecule has 1 aromatic rings. The van der Waals surface area contributed by atoms with Crippen molar-refractivity contribution in [2.75, 3.05) is 13.1 Å². The van der Waals surface area contributed by atoms with E-state index in [2.05, 4.69) is 0 Å². The molecule has 0 atom stereocenters. The first-order valence-corrected chi connectivity index (χ1v) is 7.52. The summed E-state index contributed by atoms with van der Waals surface area (Å²) in [6, 6.07) is 3.11. The maximum atomic E-state index is 13.5. The van der Waals surface area contributed by atoms with Crippen LogP contribution in [0.2, 0.25) is 0 Å². The first-order chi connectivity index (χ1) is 9.15. The number of para-hydroxylation sites is 1. The van der Waals surface area contributed by atoms with Crippen LogP contribution in [0.15, 0.2) is 23.1 Å². The van der Waals surface area contributed by atoms with Crippen molar-refractivity contribution in [1.82, 2.24) is 4.31 Å². The molecule has 1 aliphatic heterocycles. The second-order valence-corrected chi connectivity index (χ2v) is 7.50. The highest BCUT2D eigenvalue weighted by Crippen LogP contribution is 2.35. The minimum atomic E-state index is -4.06. The second kappa shape index (κ2) is 4.78. The molecule has 0 aromatic heterocycles. The van der Waals surface area contributed by atoms with Crippen molar-refractivity contribution in [2.24, 2.45) is 5.41 Å². The summed E-state index contributed by atoms with van der Waals surface area (Å²) < 4.78 is 39.6. The molecule has 1 aliphatic rings. The summed E-state index contributed by atoms with van der Waals surface area (Å²) in [7, 11) is -4.06. The zero-order chi connectivity index (χ0) is 15.1. The van der Waals surface area contributed by atoms with E-state index < -0.39 is 31.3 Å². The average molecular weight is 302 g/mol. The number of halogens is 1. The molecule has 0 amide bonds. The maximum absolute atomic E-state index is 13.5. The molecule has 0 aliphatic carbocycles. The number of nitrogens with zero attached hydrogens (tertiary/aromatic N) is 2. The summed E-state index contributed by atoms with van der Waals surface area (Å²) in [5, 5.41) is 10.9. The number of hydrogen-bond acceptors (Lipinski definition) is 4. The summed E-state index contributed by atoms with van der Waals surface area (Å²) >= 11 is 0. The predicted molar refractivity (Wildman–Crippen MR) is 70.2 cm³/mol. The van der Waals surface area contributed by atoms with Gasteiger partial charge in [0.15, 0.2) is 4.90 Å². The second-order valence-electron chi connectivity index (χ2n) is 5.60. The van der Waals surface area contributed by atoms with Crippen LogP contribution < -0.4 is 0 Å². The number of benzene rings is 1. The highest BCUT2D eigenvalue weighted by atomic mass is 32.2. The Labute approximate surface area is 116 Å². The van der Waals surface area contributed by atoms with Gasteiger partial charge in [-0.1, -0.05) is 19.9 Å². The topological polar surface area (TPSA) is 80.5 Å². The number of nitro groups is 1. The van der Waals surface area contributed by atoms with E-state index in [0.29, 0.717) is 6.42 Å². The van der Waals surface area contributed by atoms with Gasteiger partial charge in [-0.3, -0.25) is 10.1 Å². The van der Waals surface area contributed by atoms with Crippen molar-refractivity contribution in [3.63, 3.8) is 0 Å². The summed E-state index contributed by atoms with van der Waals surface area (Å²) in [4.78, 5) is 9.33. The van der Waals surface area contributed by atoms with Gasteiger partial charge in [-0.25, -0.2) is 8.42 Å². The Hall–Kier alpha value is -1.54. The monoisotopic (exact) mass is 302 g/mol. The molecule has 0 N–H and O–H groups in total. The third-order valence-corrected chi connectivity index (χ3v) is 5.27. The fraction of sp³-hybridized carbons (Fsp3) is 0.500. The van der Waals surface area contributed by atoms with Gasteiger partial charge in [-0.15, -0.1) is 0 Å². The quantitative estimate of drug-likeness (QED) is 0.633. The van der Waals surface area contributed by atoms with Crippen LogP contribution in [0.25, 0.3) is 0 Å². The summed E-state index contributed by atoms with van der Waals surface area (Å²) in [6.45, 7) is 4.39. The lowest BCUT2D eigenvalue weighted by Gasteiger charge is -2.19. The van der Waals surface area contributed by atoms with Gasteiger partial charge in [-0.05, 0) is 24.0 Å². The first kappa shape index (κ1) is 14.9. The Bertz CT molecular complexity index is 657. The first-order valence-electron chi connectivity index (χ1n) is 6.08. The van der Waals surface area contributed by atoms with Crippen LogP contribution in [0.5, 0.6) is 0 Å². The predicted octanol–water partition coefficient (Wildman–Crippen LogP) is 2.15. The number of hydrogen-bond donors (Lipinski definition) is 0. The smallest absolute Gasteiger partial charge is 0.258 e. The molecule has 8 heteroatoms. The van der Waals surface area contributed by atoms with E-state index in [1.807, 2.05) is 13.8 Å². The Kier molecular flexibility index (Phi) is 3.55. The fourth-order valence-electron chi connectivity index (χ4n) is 2.29. The summed E-state index contributed by atoms with van der Waals surface area (Å²) in [6.07, 6.45) is 0.662. The highest BCUT2D eigenvalue weighted by molar-refractivity contribution is 7.89. The van der Waals surface area contributed by atoms with E-state index in [0.717, 1.165) is 18.2 Å². The number of nitro benzene ring substituents is 1. The fourth-order valence-corrected chi connectivity index (χ4v) is 4.08. The molecule has 20 heavy (non-hydrogen) atoms. The number of sulfonamides is 1.